The molecule has 0 saturated heterocycles. The largest absolute Gasteiger partial charge is 0.497 e. The van der Waals surface area contributed by atoms with E-state index in [0.29, 0.717) is 11.5 Å². The lowest BCUT2D eigenvalue weighted by Gasteiger charge is -2.13. The summed E-state index contributed by atoms with van der Waals surface area (Å²) in [6.07, 6.45) is 0. The van der Waals surface area contributed by atoms with E-state index in [0.717, 1.165) is 27.6 Å². The summed E-state index contributed by atoms with van der Waals surface area (Å²) in [7, 11) is 3.25. The van der Waals surface area contributed by atoms with Crippen LogP contribution in [0.4, 0.5) is 0 Å². The Morgan fingerprint density at radius 3 is 2.08 bits per heavy atom. The van der Waals surface area contributed by atoms with Crippen LogP contribution in [0.2, 0.25) is 0 Å². The van der Waals surface area contributed by atoms with E-state index in [1.54, 1.807) is 14.2 Å². The molecule has 0 aliphatic carbocycles. The van der Waals surface area contributed by atoms with E-state index in [4.69, 9.17) is 14.2 Å². The maximum absolute atomic E-state index is 11.4. The minimum absolute atomic E-state index is 0.351. The molecule has 24 heavy (non-hydrogen) atoms. The molecular weight excluding hydrogens is 304 g/mol. The number of hydrogen-bond acceptors (Lipinski definition) is 4. The second-order valence-corrected chi connectivity index (χ2v) is 5.34. The van der Waals surface area contributed by atoms with Crippen molar-refractivity contribution in [2.45, 2.75) is 6.92 Å². The second-order valence-electron chi connectivity index (χ2n) is 5.34. The predicted molar refractivity (Wildman–Crippen MR) is 93.8 cm³/mol. The van der Waals surface area contributed by atoms with E-state index in [1.165, 1.54) is 6.92 Å². The van der Waals surface area contributed by atoms with Crippen LogP contribution in [0, 0.1) is 0 Å². The van der Waals surface area contributed by atoms with Crippen molar-refractivity contribution < 1.29 is 19.0 Å². The summed E-state index contributed by atoms with van der Waals surface area (Å²) in [6, 6.07) is 17.4. The van der Waals surface area contributed by atoms with Crippen molar-refractivity contribution in [3.8, 4) is 28.4 Å². The zero-order valence-electron chi connectivity index (χ0n) is 13.8. The smallest absolute Gasteiger partial charge is 0.308 e. The van der Waals surface area contributed by atoms with Crippen LogP contribution in [0.5, 0.6) is 17.2 Å². The molecule has 0 fully saturated rings. The number of fused-ring (bicyclic) bond motifs is 1. The number of hydrogen-bond donors (Lipinski definition) is 0. The summed E-state index contributed by atoms with van der Waals surface area (Å²) < 4.78 is 15.9. The Labute approximate surface area is 140 Å². The first-order valence-corrected chi connectivity index (χ1v) is 7.56. The predicted octanol–water partition coefficient (Wildman–Crippen LogP) is 4.45. The SMILES string of the molecule is COc1ccc(-c2ccc(OC(C)=O)c3cc(OC)ccc23)cc1. The number of esters is 1. The average molecular weight is 322 g/mol. The first-order chi connectivity index (χ1) is 11.6. The van der Waals surface area contributed by atoms with Crippen molar-refractivity contribution in [3.63, 3.8) is 0 Å². The molecule has 0 aromatic heterocycles. The van der Waals surface area contributed by atoms with Crippen LogP contribution in [0.25, 0.3) is 21.9 Å². The molecular formula is C20H18O4. The van der Waals surface area contributed by atoms with E-state index in [-0.39, 0.29) is 5.97 Å². The van der Waals surface area contributed by atoms with Crippen LogP contribution >= 0.6 is 0 Å². The Hall–Kier alpha value is -3.01. The highest BCUT2D eigenvalue weighted by Crippen LogP contribution is 2.37. The molecule has 0 spiro atoms. The highest BCUT2D eigenvalue weighted by molar-refractivity contribution is 6.01. The van der Waals surface area contributed by atoms with E-state index in [1.807, 2.05) is 54.6 Å². The van der Waals surface area contributed by atoms with Crippen LogP contribution in [-0.2, 0) is 4.79 Å². The summed E-state index contributed by atoms with van der Waals surface area (Å²) in [4.78, 5) is 11.4. The number of rotatable bonds is 4. The first-order valence-electron chi connectivity index (χ1n) is 7.56. The Morgan fingerprint density at radius 2 is 1.46 bits per heavy atom. The summed E-state index contributed by atoms with van der Waals surface area (Å²) in [6.45, 7) is 1.39. The van der Waals surface area contributed by atoms with Gasteiger partial charge in [0.25, 0.3) is 0 Å². The van der Waals surface area contributed by atoms with Crippen molar-refractivity contribution >= 4 is 16.7 Å². The lowest BCUT2D eigenvalue weighted by molar-refractivity contribution is -0.131. The Kier molecular flexibility index (Phi) is 4.38. The normalized spacial score (nSPS) is 10.5. The van der Waals surface area contributed by atoms with Gasteiger partial charge in [0.15, 0.2) is 0 Å². The number of methoxy groups -OCH3 is 2. The Morgan fingerprint density at radius 1 is 0.792 bits per heavy atom. The molecule has 0 aliphatic rings. The minimum atomic E-state index is -0.351. The molecule has 0 radical (unpaired) electrons. The molecule has 0 saturated carbocycles. The molecule has 4 heteroatoms. The highest BCUT2D eigenvalue weighted by atomic mass is 16.5. The lowest BCUT2D eigenvalue weighted by atomic mass is 9.97. The molecule has 3 aromatic carbocycles. The lowest BCUT2D eigenvalue weighted by Crippen LogP contribution is -2.02. The summed E-state index contributed by atoms with van der Waals surface area (Å²) >= 11 is 0. The van der Waals surface area contributed by atoms with Gasteiger partial charge >= 0.3 is 5.97 Å². The van der Waals surface area contributed by atoms with Gasteiger partial charge in [-0.05, 0) is 52.9 Å². The van der Waals surface area contributed by atoms with E-state index in [9.17, 15) is 4.79 Å². The molecule has 4 nitrogen and oxygen atoms in total. The third-order valence-electron chi connectivity index (χ3n) is 3.84. The summed E-state index contributed by atoms with van der Waals surface area (Å²) in [5, 5.41) is 1.82. The molecule has 0 aliphatic heterocycles. The van der Waals surface area contributed by atoms with Crippen molar-refractivity contribution in [1.29, 1.82) is 0 Å². The highest BCUT2D eigenvalue weighted by Gasteiger charge is 2.11. The number of ether oxygens (including phenoxy) is 3. The van der Waals surface area contributed by atoms with Crippen molar-refractivity contribution in [2.24, 2.45) is 0 Å². The summed E-state index contributed by atoms with van der Waals surface area (Å²) in [5.74, 6) is 1.69. The maximum atomic E-state index is 11.4. The van der Waals surface area contributed by atoms with Gasteiger partial charge in [0.1, 0.15) is 17.2 Å². The first kappa shape index (κ1) is 15.9. The fourth-order valence-corrected chi connectivity index (χ4v) is 2.69. The summed E-state index contributed by atoms with van der Waals surface area (Å²) in [5.41, 5.74) is 2.10. The van der Waals surface area contributed by atoms with Crippen LogP contribution in [0.3, 0.4) is 0 Å². The third-order valence-corrected chi connectivity index (χ3v) is 3.84. The number of benzene rings is 3. The fourth-order valence-electron chi connectivity index (χ4n) is 2.69. The quantitative estimate of drug-likeness (QED) is 0.526. The van der Waals surface area contributed by atoms with Crippen LogP contribution in [0.1, 0.15) is 6.92 Å². The van der Waals surface area contributed by atoms with Gasteiger partial charge in [-0.1, -0.05) is 18.2 Å². The van der Waals surface area contributed by atoms with Gasteiger partial charge in [0, 0.05) is 12.3 Å². The second kappa shape index (κ2) is 6.62. The standard InChI is InChI=1S/C20H18O4/c1-13(21)24-20-11-10-17(14-4-6-15(22-2)7-5-14)18-9-8-16(23-3)12-19(18)20/h4-12H,1-3H3. The van der Waals surface area contributed by atoms with Crippen molar-refractivity contribution in [1.82, 2.24) is 0 Å². The minimum Gasteiger partial charge on any atom is -0.497 e. The molecule has 0 atom stereocenters. The zero-order valence-corrected chi connectivity index (χ0v) is 13.8. The third kappa shape index (κ3) is 3.04. The van der Waals surface area contributed by atoms with Gasteiger partial charge in [-0.25, -0.2) is 0 Å². The maximum Gasteiger partial charge on any atom is 0.308 e. The zero-order chi connectivity index (χ0) is 17.1. The number of carbonyl (C=O) groups excluding carboxylic acids is 1. The molecule has 3 aromatic rings. The monoisotopic (exact) mass is 322 g/mol. The van der Waals surface area contributed by atoms with Crippen LogP contribution in [-0.4, -0.2) is 20.2 Å². The molecule has 0 bridgehead atoms. The van der Waals surface area contributed by atoms with Crippen LogP contribution < -0.4 is 14.2 Å². The fraction of sp³-hybridized carbons (Fsp3) is 0.150. The van der Waals surface area contributed by atoms with Crippen LogP contribution in [0.15, 0.2) is 54.6 Å². The molecule has 0 amide bonds. The van der Waals surface area contributed by atoms with E-state index in [2.05, 4.69) is 0 Å². The molecule has 0 N–H and O–H groups in total. The van der Waals surface area contributed by atoms with Crippen molar-refractivity contribution in [2.75, 3.05) is 14.2 Å². The van der Waals surface area contributed by atoms with Gasteiger partial charge in [0.05, 0.1) is 14.2 Å². The van der Waals surface area contributed by atoms with Gasteiger partial charge in [-0.2, -0.15) is 0 Å². The topological polar surface area (TPSA) is 44.8 Å². The molecule has 0 heterocycles. The van der Waals surface area contributed by atoms with Gasteiger partial charge in [-0.3, -0.25) is 4.79 Å². The Balaban J connectivity index is 2.19. The molecule has 122 valence electrons. The van der Waals surface area contributed by atoms with E-state index >= 15 is 0 Å². The van der Waals surface area contributed by atoms with E-state index < -0.39 is 0 Å². The number of carbonyl (C=O) groups is 1. The molecule has 3 rings (SSSR count). The Bertz CT molecular complexity index is 882. The molecule has 0 unspecified atom stereocenters. The van der Waals surface area contributed by atoms with Crippen molar-refractivity contribution in [3.05, 3.63) is 54.6 Å². The average Bonchev–Trinajstić information content (AvgIpc) is 2.61. The van der Waals surface area contributed by atoms with Gasteiger partial charge in [-0.15, -0.1) is 0 Å². The van der Waals surface area contributed by atoms with Gasteiger partial charge in [0.2, 0.25) is 0 Å². The van der Waals surface area contributed by atoms with Gasteiger partial charge < -0.3 is 14.2 Å².